The van der Waals surface area contributed by atoms with Crippen molar-refractivity contribution in [1.82, 2.24) is 0 Å². The van der Waals surface area contributed by atoms with Gasteiger partial charge in [0.2, 0.25) is 0 Å². The maximum Gasteiger partial charge on any atom is 0.0857 e. The lowest BCUT2D eigenvalue weighted by Gasteiger charge is -2.25. The molecule has 1 rings (SSSR count). The molecule has 0 radical (unpaired) electrons. The SMILES string of the molecule is C=CC[P+](CC=C)(CC=C)Cc1ccccc1C=C. The highest BCUT2D eigenvalue weighted by Crippen LogP contribution is 2.61. The van der Waals surface area contributed by atoms with E-state index in [1.54, 1.807) is 0 Å². The van der Waals surface area contributed by atoms with E-state index in [0.29, 0.717) is 0 Å². The van der Waals surface area contributed by atoms with Crippen LogP contribution in [0.15, 0.2) is 68.8 Å². The third-order valence-corrected chi connectivity index (χ3v) is 7.44. The third-order valence-electron chi connectivity index (χ3n) is 3.33. The van der Waals surface area contributed by atoms with Crippen LogP contribution in [0.5, 0.6) is 0 Å². The molecule has 0 amide bonds. The summed E-state index contributed by atoms with van der Waals surface area (Å²) >= 11 is 0. The fourth-order valence-electron chi connectivity index (χ4n) is 2.48. The van der Waals surface area contributed by atoms with Gasteiger partial charge in [0.25, 0.3) is 0 Å². The van der Waals surface area contributed by atoms with E-state index in [0.717, 1.165) is 24.6 Å². The van der Waals surface area contributed by atoms with Gasteiger partial charge in [-0.2, -0.15) is 0 Å². The van der Waals surface area contributed by atoms with Crippen LogP contribution in [0.2, 0.25) is 0 Å². The number of rotatable bonds is 9. The van der Waals surface area contributed by atoms with Gasteiger partial charge in [-0.25, -0.2) is 0 Å². The van der Waals surface area contributed by atoms with Gasteiger partial charge in [0, 0.05) is 7.26 Å². The molecule has 100 valence electrons. The lowest BCUT2D eigenvalue weighted by Crippen LogP contribution is -2.08. The molecule has 1 heteroatoms. The van der Waals surface area contributed by atoms with Crippen LogP contribution >= 0.6 is 7.26 Å². The number of allylic oxidation sites excluding steroid dienone is 3. The van der Waals surface area contributed by atoms with Gasteiger partial charge >= 0.3 is 0 Å². The molecule has 1 aromatic carbocycles. The first-order valence-electron chi connectivity index (χ1n) is 6.59. The van der Waals surface area contributed by atoms with Crippen molar-refractivity contribution < 1.29 is 0 Å². The Kier molecular flexibility index (Phi) is 6.53. The molecule has 0 nitrogen and oxygen atoms in total. The van der Waals surface area contributed by atoms with Gasteiger partial charge in [-0.05, 0) is 11.1 Å². The zero-order chi connectivity index (χ0) is 14.1. The molecule has 0 saturated heterocycles. The van der Waals surface area contributed by atoms with E-state index in [9.17, 15) is 0 Å². The standard InChI is InChI=1S/C18H24P/c1-5-13-19(14-6-2,15-7-3)16-18-12-10-9-11-17(18)8-4/h5-12H,1-4,13-16H2/q+1. The van der Waals surface area contributed by atoms with Crippen molar-refractivity contribution >= 4 is 13.3 Å². The number of hydrogen-bond acceptors (Lipinski definition) is 0. The van der Waals surface area contributed by atoms with Gasteiger partial charge in [0.05, 0.1) is 24.6 Å². The van der Waals surface area contributed by atoms with Crippen LogP contribution in [0.4, 0.5) is 0 Å². The van der Waals surface area contributed by atoms with E-state index >= 15 is 0 Å². The molecule has 0 aliphatic heterocycles. The highest BCUT2D eigenvalue weighted by molar-refractivity contribution is 7.75. The summed E-state index contributed by atoms with van der Waals surface area (Å²) in [6, 6.07) is 8.51. The molecule has 0 saturated carbocycles. The van der Waals surface area contributed by atoms with Crippen LogP contribution in [0.1, 0.15) is 11.1 Å². The maximum absolute atomic E-state index is 3.93. The molecular weight excluding hydrogens is 247 g/mol. The smallest absolute Gasteiger partial charge is 0.0857 e. The summed E-state index contributed by atoms with van der Waals surface area (Å²) in [6.07, 6.45) is 12.5. The van der Waals surface area contributed by atoms with Gasteiger partial charge in [0.15, 0.2) is 0 Å². The summed E-state index contributed by atoms with van der Waals surface area (Å²) in [7, 11) is -1.16. The van der Waals surface area contributed by atoms with Crippen LogP contribution in [0, 0.1) is 0 Å². The third kappa shape index (κ3) is 4.33. The van der Waals surface area contributed by atoms with E-state index in [4.69, 9.17) is 0 Å². The van der Waals surface area contributed by atoms with E-state index in [2.05, 4.69) is 68.8 Å². The van der Waals surface area contributed by atoms with Gasteiger partial charge in [0.1, 0.15) is 0 Å². The molecule has 0 aromatic heterocycles. The summed E-state index contributed by atoms with van der Waals surface area (Å²) in [5.74, 6) is 0. The van der Waals surface area contributed by atoms with Crippen LogP contribution in [0.25, 0.3) is 6.08 Å². The first kappa shape index (κ1) is 15.7. The molecule has 0 atom stereocenters. The van der Waals surface area contributed by atoms with Gasteiger partial charge in [-0.1, -0.05) is 74.9 Å². The predicted molar refractivity (Wildman–Crippen MR) is 92.3 cm³/mol. The van der Waals surface area contributed by atoms with Crippen molar-refractivity contribution in [2.24, 2.45) is 0 Å². The van der Waals surface area contributed by atoms with E-state index in [1.807, 2.05) is 6.08 Å². The Labute approximate surface area is 118 Å². The molecule has 0 spiro atoms. The second kappa shape index (κ2) is 7.92. The first-order valence-corrected chi connectivity index (χ1v) is 9.12. The minimum atomic E-state index is -1.16. The highest BCUT2D eigenvalue weighted by atomic mass is 31.2. The van der Waals surface area contributed by atoms with Crippen LogP contribution < -0.4 is 0 Å². The lowest BCUT2D eigenvalue weighted by atomic mass is 10.1. The zero-order valence-electron chi connectivity index (χ0n) is 11.7. The molecule has 0 aliphatic rings. The topological polar surface area (TPSA) is 0 Å². The van der Waals surface area contributed by atoms with Crippen molar-refractivity contribution in [2.75, 3.05) is 18.5 Å². The van der Waals surface area contributed by atoms with Crippen molar-refractivity contribution in [3.63, 3.8) is 0 Å². The fourth-order valence-corrected chi connectivity index (χ4v) is 5.97. The van der Waals surface area contributed by atoms with Crippen molar-refractivity contribution in [2.45, 2.75) is 6.16 Å². The van der Waals surface area contributed by atoms with Gasteiger partial charge < -0.3 is 0 Å². The average Bonchev–Trinajstić information content (AvgIpc) is 2.40. The van der Waals surface area contributed by atoms with Crippen LogP contribution in [0.3, 0.4) is 0 Å². The van der Waals surface area contributed by atoms with E-state index in [1.165, 1.54) is 11.1 Å². The largest absolute Gasteiger partial charge is 0.0995 e. The van der Waals surface area contributed by atoms with E-state index < -0.39 is 7.26 Å². The second-order valence-corrected chi connectivity index (χ2v) is 8.91. The van der Waals surface area contributed by atoms with Crippen molar-refractivity contribution in [1.29, 1.82) is 0 Å². The zero-order valence-corrected chi connectivity index (χ0v) is 12.6. The van der Waals surface area contributed by atoms with Crippen LogP contribution in [-0.4, -0.2) is 18.5 Å². The Bertz CT molecular complexity index is 430. The minimum absolute atomic E-state index is 1.08. The fraction of sp³-hybridized carbons (Fsp3) is 0.222. The minimum Gasteiger partial charge on any atom is -0.0995 e. The van der Waals surface area contributed by atoms with Gasteiger partial charge in [-0.3, -0.25) is 0 Å². The number of benzene rings is 1. The summed E-state index contributed by atoms with van der Waals surface area (Å²) in [4.78, 5) is 0. The molecule has 0 bridgehead atoms. The molecule has 0 heterocycles. The summed E-state index contributed by atoms with van der Waals surface area (Å²) in [5, 5.41) is 0. The van der Waals surface area contributed by atoms with Crippen molar-refractivity contribution in [3.05, 3.63) is 79.9 Å². The molecule has 0 fully saturated rings. The average molecular weight is 271 g/mol. The Balaban J connectivity index is 3.10. The Morgan fingerprint density at radius 1 is 0.842 bits per heavy atom. The summed E-state index contributed by atoms with van der Waals surface area (Å²) in [5.41, 5.74) is 2.63. The molecule has 19 heavy (non-hydrogen) atoms. The second-order valence-electron chi connectivity index (χ2n) is 4.82. The first-order chi connectivity index (χ1) is 9.21. The Hall–Kier alpha value is -1.39. The quantitative estimate of drug-likeness (QED) is 0.416. The molecular formula is C18H24P+. The molecule has 0 aliphatic carbocycles. The Morgan fingerprint density at radius 3 is 1.84 bits per heavy atom. The van der Waals surface area contributed by atoms with Crippen LogP contribution in [-0.2, 0) is 6.16 Å². The highest BCUT2D eigenvalue weighted by Gasteiger charge is 2.34. The maximum atomic E-state index is 3.93. The van der Waals surface area contributed by atoms with Crippen molar-refractivity contribution in [3.8, 4) is 0 Å². The van der Waals surface area contributed by atoms with E-state index in [-0.39, 0.29) is 0 Å². The van der Waals surface area contributed by atoms with Gasteiger partial charge in [-0.15, -0.1) is 0 Å². The molecule has 0 unspecified atom stereocenters. The summed E-state index contributed by atoms with van der Waals surface area (Å²) < 4.78 is 0. The summed E-state index contributed by atoms with van der Waals surface area (Å²) in [6.45, 7) is 15.7. The monoisotopic (exact) mass is 271 g/mol. The lowest BCUT2D eigenvalue weighted by molar-refractivity contribution is 1.31. The molecule has 0 N–H and O–H groups in total. The number of hydrogen-bond donors (Lipinski definition) is 0. The Morgan fingerprint density at radius 2 is 1.37 bits per heavy atom. The predicted octanol–water partition coefficient (Wildman–Crippen LogP) is 5.41. The molecule has 1 aromatic rings. The normalized spacial score (nSPS) is 10.7.